The largest absolute Gasteiger partial charge is 0.351 e. The molecule has 0 aliphatic carbocycles. The van der Waals surface area contributed by atoms with Gasteiger partial charge in [-0.25, -0.2) is 0 Å². The SMILES string of the molecule is CC(C)CNC(=O)c1cc2sccc2n1CCc1ccccc1. The van der Waals surface area contributed by atoms with Gasteiger partial charge in [-0.3, -0.25) is 4.79 Å². The normalized spacial score (nSPS) is 11.3. The van der Waals surface area contributed by atoms with Crippen LogP contribution in [0.3, 0.4) is 0 Å². The van der Waals surface area contributed by atoms with Gasteiger partial charge in [0.1, 0.15) is 5.69 Å². The molecular weight excluding hydrogens is 304 g/mol. The fraction of sp³-hybridized carbons (Fsp3) is 0.316. The lowest BCUT2D eigenvalue weighted by Crippen LogP contribution is -2.29. The molecule has 0 bridgehead atoms. The third-order valence-corrected chi connectivity index (χ3v) is 4.75. The first-order valence-electron chi connectivity index (χ1n) is 8.04. The maximum absolute atomic E-state index is 12.5. The van der Waals surface area contributed by atoms with Gasteiger partial charge in [0, 0.05) is 13.1 Å². The molecule has 3 rings (SSSR count). The fourth-order valence-electron chi connectivity index (χ4n) is 2.68. The molecule has 0 saturated heterocycles. The number of thiophene rings is 1. The van der Waals surface area contributed by atoms with Crippen LogP contribution in [0.4, 0.5) is 0 Å². The van der Waals surface area contributed by atoms with E-state index >= 15 is 0 Å². The van der Waals surface area contributed by atoms with Gasteiger partial charge in [0.2, 0.25) is 0 Å². The summed E-state index contributed by atoms with van der Waals surface area (Å²) in [6, 6.07) is 14.5. The minimum atomic E-state index is 0.0233. The first-order valence-corrected chi connectivity index (χ1v) is 8.92. The summed E-state index contributed by atoms with van der Waals surface area (Å²) in [4.78, 5) is 12.5. The number of hydrogen-bond donors (Lipinski definition) is 1. The predicted molar refractivity (Wildman–Crippen MR) is 97.1 cm³/mol. The van der Waals surface area contributed by atoms with Crippen molar-refractivity contribution in [1.29, 1.82) is 0 Å². The van der Waals surface area contributed by atoms with E-state index in [2.05, 4.69) is 59.4 Å². The van der Waals surface area contributed by atoms with E-state index in [1.54, 1.807) is 11.3 Å². The van der Waals surface area contributed by atoms with Gasteiger partial charge in [0.25, 0.3) is 5.91 Å². The first-order chi connectivity index (χ1) is 11.1. The number of aromatic nitrogens is 1. The number of rotatable bonds is 6. The van der Waals surface area contributed by atoms with Crippen molar-refractivity contribution < 1.29 is 4.79 Å². The van der Waals surface area contributed by atoms with Gasteiger partial charge in [0.15, 0.2) is 0 Å². The summed E-state index contributed by atoms with van der Waals surface area (Å²) in [5.41, 5.74) is 3.21. The summed E-state index contributed by atoms with van der Waals surface area (Å²) < 4.78 is 3.32. The Balaban J connectivity index is 1.83. The summed E-state index contributed by atoms with van der Waals surface area (Å²) in [6.45, 7) is 5.73. The summed E-state index contributed by atoms with van der Waals surface area (Å²) in [5.74, 6) is 0.475. The topological polar surface area (TPSA) is 34.0 Å². The monoisotopic (exact) mass is 326 g/mol. The highest BCUT2D eigenvalue weighted by molar-refractivity contribution is 7.17. The Bertz CT molecular complexity index is 786. The van der Waals surface area contributed by atoms with Gasteiger partial charge in [-0.15, -0.1) is 11.3 Å². The number of fused-ring (bicyclic) bond motifs is 1. The second kappa shape index (κ2) is 7.01. The standard InChI is InChI=1S/C19H22N2OS/c1-14(2)13-20-19(22)17-12-18-16(9-11-23-18)21(17)10-8-15-6-4-3-5-7-15/h3-7,9,11-12,14H,8,10,13H2,1-2H3,(H,20,22). The van der Waals surface area contributed by atoms with Crippen molar-refractivity contribution in [3.63, 3.8) is 0 Å². The van der Waals surface area contributed by atoms with Crippen LogP contribution in [0.15, 0.2) is 47.8 Å². The molecule has 0 spiro atoms. The van der Waals surface area contributed by atoms with Crippen molar-refractivity contribution in [2.75, 3.05) is 6.54 Å². The molecule has 0 radical (unpaired) electrons. The summed E-state index contributed by atoms with van der Waals surface area (Å²) >= 11 is 1.68. The van der Waals surface area contributed by atoms with Crippen molar-refractivity contribution in [3.8, 4) is 0 Å². The Hall–Kier alpha value is -2.07. The van der Waals surface area contributed by atoms with Crippen molar-refractivity contribution in [3.05, 3.63) is 59.1 Å². The summed E-state index contributed by atoms with van der Waals surface area (Å²) in [7, 11) is 0. The zero-order chi connectivity index (χ0) is 16.2. The first kappa shape index (κ1) is 15.8. The molecule has 0 fully saturated rings. The van der Waals surface area contributed by atoms with E-state index in [1.165, 1.54) is 10.3 Å². The van der Waals surface area contributed by atoms with Crippen LogP contribution in [-0.2, 0) is 13.0 Å². The minimum Gasteiger partial charge on any atom is -0.351 e. The number of amides is 1. The van der Waals surface area contributed by atoms with Crippen LogP contribution in [-0.4, -0.2) is 17.0 Å². The zero-order valence-corrected chi connectivity index (χ0v) is 14.4. The lowest BCUT2D eigenvalue weighted by atomic mass is 10.1. The molecule has 2 aromatic heterocycles. The van der Waals surface area contributed by atoms with Crippen molar-refractivity contribution in [2.24, 2.45) is 5.92 Å². The highest BCUT2D eigenvalue weighted by atomic mass is 32.1. The maximum atomic E-state index is 12.5. The van der Waals surface area contributed by atoms with E-state index in [1.807, 2.05) is 12.1 Å². The minimum absolute atomic E-state index is 0.0233. The summed E-state index contributed by atoms with van der Waals surface area (Å²) in [6.07, 6.45) is 0.922. The van der Waals surface area contributed by atoms with E-state index in [0.29, 0.717) is 12.5 Å². The molecule has 3 aromatic rings. The smallest absolute Gasteiger partial charge is 0.267 e. The molecule has 0 atom stereocenters. The molecule has 120 valence electrons. The zero-order valence-electron chi connectivity index (χ0n) is 13.6. The molecule has 0 aliphatic rings. The van der Waals surface area contributed by atoms with Crippen LogP contribution in [0.1, 0.15) is 29.9 Å². The number of nitrogens with one attached hydrogen (secondary N) is 1. The lowest BCUT2D eigenvalue weighted by Gasteiger charge is -2.12. The van der Waals surface area contributed by atoms with Crippen LogP contribution >= 0.6 is 11.3 Å². The average molecular weight is 326 g/mol. The van der Waals surface area contributed by atoms with Crippen molar-refractivity contribution in [1.82, 2.24) is 9.88 Å². The number of benzene rings is 1. The molecule has 0 aliphatic heterocycles. The number of aryl methyl sites for hydroxylation is 2. The van der Waals surface area contributed by atoms with E-state index in [0.717, 1.165) is 24.2 Å². The number of nitrogens with zero attached hydrogens (tertiary/aromatic N) is 1. The molecule has 1 N–H and O–H groups in total. The van der Waals surface area contributed by atoms with Gasteiger partial charge >= 0.3 is 0 Å². The highest BCUT2D eigenvalue weighted by Gasteiger charge is 2.16. The van der Waals surface area contributed by atoms with Gasteiger partial charge in [-0.05, 0) is 35.4 Å². The number of carbonyl (C=O) groups excluding carboxylic acids is 1. The molecule has 4 heteroatoms. The number of hydrogen-bond acceptors (Lipinski definition) is 2. The molecule has 1 amide bonds. The molecule has 2 heterocycles. The van der Waals surface area contributed by atoms with E-state index in [4.69, 9.17) is 0 Å². The number of carbonyl (C=O) groups is 1. The van der Waals surface area contributed by atoms with Gasteiger partial charge in [-0.2, -0.15) is 0 Å². The quantitative estimate of drug-likeness (QED) is 0.719. The second-order valence-corrected chi connectivity index (χ2v) is 7.14. The predicted octanol–water partition coefficient (Wildman–Crippen LogP) is 4.33. The van der Waals surface area contributed by atoms with E-state index in [9.17, 15) is 4.79 Å². The Morgan fingerprint density at radius 3 is 2.74 bits per heavy atom. The van der Waals surface area contributed by atoms with E-state index in [-0.39, 0.29) is 5.91 Å². The molecule has 0 unspecified atom stereocenters. The Kier molecular flexibility index (Phi) is 4.82. The average Bonchev–Trinajstić information content (AvgIpc) is 3.13. The molecule has 1 aromatic carbocycles. The van der Waals surface area contributed by atoms with Crippen LogP contribution in [0, 0.1) is 5.92 Å². The third kappa shape index (κ3) is 3.64. The van der Waals surface area contributed by atoms with Crippen molar-refractivity contribution >= 4 is 27.5 Å². The summed E-state index contributed by atoms with van der Waals surface area (Å²) in [5, 5.41) is 5.12. The second-order valence-electron chi connectivity index (χ2n) is 6.19. The Morgan fingerprint density at radius 1 is 1.22 bits per heavy atom. The Morgan fingerprint density at radius 2 is 2.00 bits per heavy atom. The molecular formula is C19H22N2OS. The molecule has 0 saturated carbocycles. The van der Waals surface area contributed by atoms with E-state index < -0.39 is 0 Å². The highest BCUT2D eigenvalue weighted by Crippen LogP contribution is 2.25. The molecule has 3 nitrogen and oxygen atoms in total. The van der Waals surface area contributed by atoms with Crippen LogP contribution in [0.25, 0.3) is 10.2 Å². The third-order valence-electron chi connectivity index (χ3n) is 3.89. The maximum Gasteiger partial charge on any atom is 0.267 e. The fourth-order valence-corrected chi connectivity index (χ4v) is 3.50. The molecule has 23 heavy (non-hydrogen) atoms. The van der Waals surface area contributed by atoms with Crippen LogP contribution in [0.2, 0.25) is 0 Å². The van der Waals surface area contributed by atoms with Gasteiger partial charge in [-0.1, -0.05) is 44.2 Å². The van der Waals surface area contributed by atoms with Gasteiger partial charge in [0.05, 0.1) is 10.2 Å². The van der Waals surface area contributed by atoms with Crippen LogP contribution in [0.5, 0.6) is 0 Å². The lowest BCUT2D eigenvalue weighted by molar-refractivity contribution is 0.0940. The van der Waals surface area contributed by atoms with Gasteiger partial charge < -0.3 is 9.88 Å². The van der Waals surface area contributed by atoms with Crippen molar-refractivity contribution in [2.45, 2.75) is 26.8 Å². The Labute approximate surface area is 140 Å². The van der Waals surface area contributed by atoms with Crippen LogP contribution < -0.4 is 5.32 Å².